The van der Waals surface area contributed by atoms with Gasteiger partial charge in [-0.1, -0.05) is 44.0 Å². The zero-order chi connectivity index (χ0) is 17.2. The van der Waals surface area contributed by atoms with Gasteiger partial charge >= 0.3 is 0 Å². The standard InChI is InChI=1S/C18H12Br2N2O2/c1-21-13-7-9(19)3-5-11(13)15(17(21)23)16-12-6-4-10(20)8-14(12)22(2)18(16)24/h3-8H,1-2H3. The third-order valence-electron chi connectivity index (χ3n) is 4.47. The number of hydrogen-bond donors (Lipinski definition) is 0. The van der Waals surface area contributed by atoms with Gasteiger partial charge in [0.15, 0.2) is 0 Å². The largest absolute Gasteiger partial charge is 0.311 e. The van der Waals surface area contributed by atoms with Crippen LogP contribution in [0.1, 0.15) is 11.1 Å². The number of fused-ring (bicyclic) bond motifs is 2. The highest BCUT2D eigenvalue weighted by atomic mass is 79.9. The molecule has 0 saturated heterocycles. The topological polar surface area (TPSA) is 40.6 Å². The molecule has 24 heavy (non-hydrogen) atoms. The summed E-state index contributed by atoms with van der Waals surface area (Å²) in [6.45, 7) is 0. The fraction of sp³-hybridized carbons (Fsp3) is 0.111. The van der Waals surface area contributed by atoms with E-state index in [0.717, 1.165) is 31.4 Å². The second-order valence-corrected chi connectivity index (χ2v) is 7.63. The Morgan fingerprint density at radius 3 is 1.46 bits per heavy atom. The number of amides is 2. The molecule has 0 atom stereocenters. The monoisotopic (exact) mass is 446 g/mol. The molecule has 0 spiro atoms. The molecular weight excluding hydrogens is 436 g/mol. The predicted molar refractivity (Wildman–Crippen MR) is 102 cm³/mol. The lowest BCUT2D eigenvalue weighted by molar-refractivity contribution is -0.114. The average Bonchev–Trinajstić information content (AvgIpc) is 2.93. The maximum Gasteiger partial charge on any atom is 0.259 e. The van der Waals surface area contributed by atoms with Crippen molar-refractivity contribution >= 4 is 66.2 Å². The smallest absolute Gasteiger partial charge is 0.259 e. The van der Waals surface area contributed by atoms with Crippen LogP contribution in [0.2, 0.25) is 0 Å². The number of nitrogens with zero attached hydrogens (tertiary/aromatic N) is 2. The first kappa shape index (κ1) is 15.6. The molecule has 2 aliphatic heterocycles. The molecule has 4 rings (SSSR count). The SMILES string of the molecule is CN1C(=O)C(=C2C(=O)N(C)c3cc(Br)ccc32)c2ccc(Br)cc21. The molecule has 2 heterocycles. The van der Waals surface area contributed by atoms with Gasteiger partial charge in [-0.15, -0.1) is 0 Å². The molecular formula is C18H12Br2N2O2. The first-order valence-electron chi connectivity index (χ1n) is 7.30. The summed E-state index contributed by atoms with van der Waals surface area (Å²) < 4.78 is 1.79. The minimum Gasteiger partial charge on any atom is -0.311 e. The lowest BCUT2D eigenvalue weighted by Gasteiger charge is -2.09. The molecule has 120 valence electrons. The van der Waals surface area contributed by atoms with E-state index in [1.165, 1.54) is 0 Å². The van der Waals surface area contributed by atoms with Gasteiger partial charge in [-0.25, -0.2) is 0 Å². The van der Waals surface area contributed by atoms with E-state index in [9.17, 15) is 9.59 Å². The summed E-state index contributed by atoms with van der Waals surface area (Å²) in [5, 5.41) is 0. The van der Waals surface area contributed by atoms with Crippen LogP contribution in [0, 0.1) is 0 Å². The Balaban J connectivity index is 2.05. The molecule has 0 bridgehead atoms. The molecule has 2 aromatic carbocycles. The quantitative estimate of drug-likeness (QED) is 0.571. The van der Waals surface area contributed by atoms with E-state index in [1.807, 2.05) is 36.4 Å². The summed E-state index contributed by atoms with van der Waals surface area (Å²) in [6, 6.07) is 11.3. The van der Waals surface area contributed by atoms with Crippen LogP contribution >= 0.6 is 31.9 Å². The summed E-state index contributed by atoms with van der Waals surface area (Å²) >= 11 is 6.87. The molecule has 0 radical (unpaired) electrons. The maximum absolute atomic E-state index is 12.9. The Morgan fingerprint density at radius 1 is 0.708 bits per heavy atom. The highest BCUT2D eigenvalue weighted by Gasteiger charge is 2.40. The van der Waals surface area contributed by atoms with Gasteiger partial charge in [0.1, 0.15) is 0 Å². The Hall–Kier alpha value is -1.92. The van der Waals surface area contributed by atoms with Gasteiger partial charge in [0.2, 0.25) is 0 Å². The number of hydrogen-bond acceptors (Lipinski definition) is 2. The van der Waals surface area contributed by atoms with Crippen LogP contribution in [0.3, 0.4) is 0 Å². The van der Waals surface area contributed by atoms with Crippen molar-refractivity contribution in [2.24, 2.45) is 0 Å². The third kappa shape index (κ3) is 2.03. The summed E-state index contributed by atoms with van der Waals surface area (Å²) in [7, 11) is 3.46. The van der Waals surface area contributed by atoms with Crippen LogP contribution in [0.4, 0.5) is 11.4 Å². The van der Waals surface area contributed by atoms with E-state index in [1.54, 1.807) is 23.9 Å². The summed E-state index contributed by atoms with van der Waals surface area (Å²) in [4.78, 5) is 28.9. The summed E-state index contributed by atoms with van der Waals surface area (Å²) in [6.07, 6.45) is 0. The van der Waals surface area contributed by atoms with Crippen molar-refractivity contribution in [3.8, 4) is 0 Å². The molecule has 0 aromatic heterocycles. The zero-order valence-corrected chi connectivity index (χ0v) is 16.1. The number of carbonyl (C=O) groups is 2. The van der Waals surface area contributed by atoms with Gasteiger partial charge < -0.3 is 9.80 Å². The van der Waals surface area contributed by atoms with E-state index in [-0.39, 0.29) is 11.8 Å². The fourth-order valence-corrected chi connectivity index (χ4v) is 3.95. The molecule has 2 amide bonds. The van der Waals surface area contributed by atoms with Crippen molar-refractivity contribution in [2.45, 2.75) is 0 Å². The molecule has 6 heteroatoms. The minimum absolute atomic E-state index is 0.157. The lowest BCUT2D eigenvalue weighted by atomic mass is 9.96. The van der Waals surface area contributed by atoms with Crippen molar-refractivity contribution in [3.05, 3.63) is 56.5 Å². The van der Waals surface area contributed by atoms with Gasteiger partial charge in [-0.2, -0.15) is 0 Å². The summed E-state index contributed by atoms with van der Waals surface area (Å²) in [5.74, 6) is -0.314. The lowest BCUT2D eigenvalue weighted by Crippen LogP contribution is -2.24. The Morgan fingerprint density at radius 2 is 1.08 bits per heavy atom. The molecule has 4 nitrogen and oxygen atoms in total. The molecule has 2 aliphatic rings. The highest BCUT2D eigenvalue weighted by Crippen LogP contribution is 2.46. The second kappa shape index (κ2) is 5.29. The molecule has 0 fully saturated rings. The first-order chi connectivity index (χ1) is 11.4. The number of likely N-dealkylation sites (N-methyl/N-ethyl adjacent to an activating group) is 2. The number of carbonyl (C=O) groups excluding carboxylic acids is 2. The van der Waals surface area contributed by atoms with Gasteiger partial charge in [0.25, 0.3) is 11.8 Å². The van der Waals surface area contributed by atoms with Crippen molar-refractivity contribution < 1.29 is 9.59 Å². The average molecular weight is 448 g/mol. The number of benzene rings is 2. The highest BCUT2D eigenvalue weighted by molar-refractivity contribution is 9.10. The predicted octanol–water partition coefficient (Wildman–Crippen LogP) is 4.08. The molecule has 0 saturated carbocycles. The molecule has 2 aromatic rings. The van der Waals surface area contributed by atoms with Crippen LogP contribution in [0.15, 0.2) is 45.3 Å². The molecule has 0 aliphatic carbocycles. The van der Waals surface area contributed by atoms with Crippen LogP contribution in [-0.2, 0) is 9.59 Å². The van der Waals surface area contributed by atoms with E-state index in [4.69, 9.17) is 0 Å². The van der Waals surface area contributed by atoms with E-state index < -0.39 is 0 Å². The fourth-order valence-electron chi connectivity index (χ4n) is 3.26. The first-order valence-corrected chi connectivity index (χ1v) is 8.89. The van der Waals surface area contributed by atoms with Crippen molar-refractivity contribution in [1.29, 1.82) is 0 Å². The summed E-state index contributed by atoms with van der Waals surface area (Å²) in [5.41, 5.74) is 4.13. The normalized spacial score (nSPS) is 19.2. The van der Waals surface area contributed by atoms with Crippen molar-refractivity contribution in [1.82, 2.24) is 0 Å². The Bertz CT molecular complexity index is 888. The van der Waals surface area contributed by atoms with Crippen molar-refractivity contribution in [2.75, 3.05) is 23.9 Å². The number of rotatable bonds is 0. The Kier molecular flexibility index (Phi) is 3.44. The van der Waals surface area contributed by atoms with E-state index >= 15 is 0 Å². The number of halogens is 2. The van der Waals surface area contributed by atoms with Crippen molar-refractivity contribution in [3.63, 3.8) is 0 Å². The van der Waals surface area contributed by atoms with Gasteiger partial charge in [0, 0.05) is 34.2 Å². The van der Waals surface area contributed by atoms with Crippen LogP contribution < -0.4 is 9.80 Å². The maximum atomic E-state index is 12.9. The van der Waals surface area contributed by atoms with Crippen LogP contribution in [0.5, 0.6) is 0 Å². The van der Waals surface area contributed by atoms with Crippen LogP contribution in [-0.4, -0.2) is 25.9 Å². The molecule has 0 N–H and O–H groups in total. The van der Waals surface area contributed by atoms with Gasteiger partial charge in [-0.3, -0.25) is 9.59 Å². The number of anilines is 2. The van der Waals surface area contributed by atoms with Gasteiger partial charge in [0.05, 0.1) is 22.5 Å². The minimum atomic E-state index is -0.157. The molecule has 0 unspecified atom stereocenters. The van der Waals surface area contributed by atoms with E-state index in [0.29, 0.717) is 11.1 Å². The third-order valence-corrected chi connectivity index (χ3v) is 5.45. The van der Waals surface area contributed by atoms with Crippen LogP contribution in [0.25, 0.3) is 11.1 Å². The zero-order valence-electron chi connectivity index (χ0n) is 12.9. The van der Waals surface area contributed by atoms with E-state index in [2.05, 4.69) is 31.9 Å². The second-order valence-electron chi connectivity index (χ2n) is 5.80. The Labute approximate surface area is 156 Å². The van der Waals surface area contributed by atoms with Gasteiger partial charge in [-0.05, 0) is 24.3 Å².